The first kappa shape index (κ1) is 22.5. The highest BCUT2D eigenvalue weighted by molar-refractivity contribution is 5.95. The number of carbonyl (C=O) groups is 1. The molecule has 2 aromatic carbocycles. The third kappa shape index (κ3) is 3.59. The highest BCUT2D eigenvalue weighted by atomic mass is 19.4. The fourth-order valence-corrected chi connectivity index (χ4v) is 5.82. The molecule has 3 aliphatic rings. The van der Waals surface area contributed by atoms with E-state index in [9.17, 15) is 18.0 Å². The maximum atomic E-state index is 13.1. The van der Waals surface area contributed by atoms with Crippen molar-refractivity contribution in [3.05, 3.63) is 112 Å². The van der Waals surface area contributed by atoms with Crippen LogP contribution in [-0.2, 0) is 6.18 Å². The van der Waals surface area contributed by atoms with Crippen LogP contribution in [0.2, 0.25) is 0 Å². The molecule has 0 saturated carbocycles. The van der Waals surface area contributed by atoms with E-state index in [1.807, 2.05) is 0 Å². The molecule has 2 aromatic heterocycles. The number of nitrogens with one attached hydrogen (secondary N) is 1. The molecule has 2 bridgehead atoms. The molecule has 1 amide bonds. The first-order valence-corrected chi connectivity index (χ1v) is 11.9. The molecule has 8 heteroatoms. The summed E-state index contributed by atoms with van der Waals surface area (Å²) < 4.78 is 39.9. The van der Waals surface area contributed by atoms with E-state index in [1.54, 1.807) is 6.92 Å². The Morgan fingerprint density at radius 1 is 0.972 bits per heavy atom. The lowest BCUT2D eigenvalue weighted by Crippen LogP contribution is -2.39. The molecule has 0 fully saturated rings. The monoisotopic (exact) mass is 488 g/mol. The van der Waals surface area contributed by atoms with Crippen LogP contribution in [0.15, 0.2) is 73.1 Å². The van der Waals surface area contributed by atoms with Crippen molar-refractivity contribution >= 4 is 5.91 Å². The number of fused-ring (bicyclic) bond motifs is 1. The second kappa shape index (κ2) is 8.33. The molecule has 0 radical (unpaired) electrons. The van der Waals surface area contributed by atoms with Gasteiger partial charge < -0.3 is 5.32 Å². The normalized spacial score (nSPS) is 20.1. The number of alkyl halides is 3. The van der Waals surface area contributed by atoms with Gasteiger partial charge in [-0.15, -0.1) is 0 Å². The summed E-state index contributed by atoms with van der Waals surface area (Å²) in [7, 11) is 0. The number of rotatable bonds is 4. The van der Waals surface area contributed by atoms with E-state index in [4.69, 9.17) is 0 Å². The lowest BCUT2D eigenvalue weighted by atomic mass is 9.59. The van der Waals surface area contributed by atoms with Crippen molar-refractivity contribution in [2.24, 2.45) is 5.92 Å². The highest BCUT2D eigenvalue weighted by Gasteiger charge is 2.43. The largest absolute Gasteiger partial charge is 0.417 e. The summed E-state index contributed by atoms with van der Waals surface area (Å²) in [5.74, 6) is 0.768. The summed E-state index contributed by atoms with van der Waals surface area (Å²) in [6.07, 6.45) is -1.30. The van der Waals surface area contributed by atoms with Crippen molar-refractivity contribution < 1.29 is 18.0 Å². The Balaban J connectivity index is 1.21. The van der Waals surface area contributed by atoms with Gasteiger partial charge in [-0.25, -0.2) is 9.67 Å². The summed E-state index contributed by atoms with van der Waals surface area (Å²) in [5, 5.41) is 7.29. The van der Waals surface area contributed by atoms with E-state index in [1.165, 1.54) is 39.2 Å². The molecular formula is C28H23F3N4O. The average Bonchev–Trinajstić information content (AvgIpc) is 3.28. The number of amides is 1. The molecule has 7 rings (SSSR count). The molecule has 0 spiro atoms. The number of pyridine rings is 1. The zero-order valence-corrected chi connectivity index (χ0v) is 19.5. The van der Waals surface area contributed by atoms with Crippen LogP contribution >= 0.6 is 0 Å². The Morgan fingerprint density at radius 3 is 2.19 bits per heavy atom. The fraction of sp³-hybridized carbons (Fsp3) is 0.250. The lowest BCUT2D eigenvalue weighted by Gasteiger charge is -2.45. The first-order chi connectivity index (χ1) is 17.3. The minimum Gasteiger partial charge on any atom is -0.352 e. The number of aromatic nitrogens is 3. The molecule has 3 aliphatic carbocycles. The van der Waals surface area contributed by atoms with Gasteiger partial charge in [0.15, 0.2) is 5.82 Å². The molecule has 2 heterocycles. The SMILES string of the molecule is Cc1c(C(=O)NCC2CC3c4ccccc4C2c2ccccc23)cnn1-c1ccc(C(F)(F)F)cn1. The molecule has 4 aromatic rings. The van der Waals surface area contributed by atoms with Crippen molar-refractivity contribution in [1.29, 1.82) is 0 Å². The van der Waals surface area contributed by atoms with Gasteiger partial charge in [0, 0.05) is 24.6 Å². The Morgan fingerprint density at radius 2 is 1.61 bits per heavy atom. The number of halogens is 3. The third-order valence-corrected chi connectivity index (χ3v) is 7.49. The van der Waals surface area contributed by atoms with Gasteiger partial charge in [-0.1, -0.05) is 48.5 Å². The van der Waals surface area contributed by atoms with Crippen LogP contribution in [-0.4, -0.2) is 27.2 Å². The van der Waals surface area contributed by atoms with Crippen LogP contribution in [0.25, 0.3) is 5.82 Å². The van der Waals surface area contributed by atoms with Gasteiger partial charge in [0.2, 0.25) is 0 Å². The van der Waals surface area contributed by atoms with E-state index < -0.39 is 11.7 Å². The molecule has 0 aliphatic heterocycles. The third-order valence-electron chi connectivity index (χ3n) is 7.49. The maximum Gasteiger partial charge on any atom is 0.417 e. The Kier molecular flexibility index (Phi) is 5.21. The minimum atomic E-state index is -4.46. The second-order valence-corrected chi connectivity index (χ2v) is 9.45. The Bertz CT molecular complexity index is 1410. The van der Waals surface area contributed by atoms with E-state index >= 15 is 0 Å². The summed E-state index contributed by atoms with van der Waals surface area (Å²) in [5.41, 5.74) is 5.49. The van der Waals surface area contributed by atoms with Crippen molar-refractivity contribution in [3.8, 4) is 5.82 Å². The molecule has 182 valence electrons. The summed E-state index contributed by atoms with van der Waals surface area (Å²) in [6.45, 7) is 2.22. The molecule has 36 heavy (non-hydrogen) atoms. The van der Waals surface area contributed by atoms with Gasteiger partial charge in [-0.2, -0.15) is 18.3 Å². The number of carbonyl (C=O) groups excluding carboxylic acids is 1. The smallest absolute Gasteiger partial charge is 0.352 e. The zero-order chi connectivity index (χ0) is 25.0. The lowest BCUT2D eigenvalue weighted by molar-refractivity contribution is -0.137. The maximum absolute atomic E-state index is 13.1. The van der Waals surface area contributed by atoms with Crippen LogP contribution in [0.3, 0.4) is 0 Å². The Labute approximate surface area is 206 Å². The van der Waals surface area contributed by atoms with Gasteiger partial charge in [-0.3, -0.25) is 4.79 Å². The standard InChI is InChI=1S/C28H23F3N4O/c1-16-24(15-34-35(16)25-11-10-18(14-32-25)28(29,30)31)27(36)33-13-17-12-23-19-6-2-4-8-21(19)26(17)22-9-5-3-7-20(22)23/h2-11,14-15,17,23,26H,12-13H2,1H3,(H,33,36). The van der Waals surface area contributed by atoms with Crippen LogP contribution in [0.5, 0.6) is 0 Å². The van der Waals surface area contributed by atoms with E-state index in [-0.39, 0.29) is 23.6 Å². The first-order valence-electron chi connectivity index (χ1n) is 11.9. The van der Waals surface area contributed by atoms with Gasteiger partial charge in [0.25, 0.3) is 5.91 Å². The zero-order valence-electron chi connectivity index (χ0n) is 19.5. The van der Waals surface area contributed by atoms with Crippen molar-refractivity contribution in [3.63, 3.8) is 0 Å². The van der Waals surface area contributed by atoms with Gasteiger partial charge in [-0.05, 0) is 53.6 Å². The van der Waals surface area contributed by atoms with Crippen molar-refractivity contribution in [2.75, 3.05) is 6.54 Å². The van der Waals surface area contributed by atoms with Crippen LogP contribution in [0.4, 0.5) is 13.2 Å². The van der Waals surface area contributed by atoms with Gasteiger partial charge >= 0.3 is 6.18 Å². The van der Waals surface area contributed by atoms with Gasteiger partial charge in [0.1, 0.15) is 0 Å². The predicted octanol–water partition coefficient (Wildman–Crippen LogP) is 5.62. The van der Waals surface area contributed by atoms with Crippen molar-refractivity contribution in [1.82, 2.24) is 20.1 Å². The molecule has 1 unspecified atom stereocenters. The quantitative estimate of drug-likeness (QED) is 0.406. The van der Waals surface area contributed by atoms with E-state index in [2.05, 4.69) is 63.9 Å². The number of hydrogen-bond acceptors (Lipinski definition) is 3. The molecule has 1 N–H and O–H groups in total. The predicted molar refractivity (Wildman–Crippen MR) is 128 cm³/mol. The Hall–Kier alpha value is -3.94. The fourth-order valence-electron chi connectivity index (χ4n) is 5.82. The van der Waals surface area contributed by atoms with E-state index in [0.717, 1.165) is 18.7 Å². The highest BCUT2D eigenvalue weighted by Crippen LogP contribution is 2.55. The van der Waals surface area contributed by atoms with Crippen LogP contribution in [0.1, 0.15) is 62.1 Å². The number of hydrogen-bond donors (Lipinski definition) is 1. The summed E-state index contributed by atoms with van der Waals surface area (Å²) in [6, 6.07) is 19.3. The van der Waals surface area contributed by atoms with Gasteiger partial charge in [0.05, 0.1) is 23.0 Å². The minimum absolute atomic E-state index is 0.220. The average molecular weight is 489 g/mol. The molecular weight excluding hydrogens is 465 g/mol. The van der Waals surface area contributed by atoms with Crippen LogP contribution < -0.4 is 5.32 Å². The van der Waals surface area contributed by atoms with Crippen molar-refractivity contribution in [2.45, 2.75) is 31.4 Å². The van der Waals surface area contributed by atoms with Crippen LogP contribution in [0, 0.1) is 12.8 Å². The number of benzene rings is 2. The number of nitrogens with zero attached hydrogens (tertiary/aromatic N) is 3. The van der Waals surface area contributed by atoms with E-state index in [0.29, 0.717) is 23.7 Å². The summed E-state index contributed by atoms with van der Waals surface area (Å²) >= 11 is 0. The summed E-state index contributed by atoms with van der Waals surface area (Å²) in [4.78, 5) is 17.0. The molecule has 1 atom stereocenters. The topological polar surface area (TPSA) is 59.8 Å². The molecule has 5 nitrogen and oxygen atoms in total. The second-order valence-electron chi connectivity index (χ2n) is 9.45. The molecule has 0 saturated heterocycles.